The van der Waals surface area contributed by atoms with Gasteiger partial charge in [-0.05, 0) is 69.4 Å². The lowest BCUT2D eigenvalue weighted by molar-refractivity contribution is -0.605. The van der Waals surface area contributed by atoms with Gasteiger partial charge in [0, 0.05) is 36.8 Å². The molecule has 2 fully saturated rings. The molecule has 2 aliphatic heterocycles. The average Bonchev–Trinajstić information content (AvgIpc) is 3.54. The van der Waals surface area contributed by atoms with E-state index in [2.05, 4.69) is 15.6 Å². The van der Waals surface area contributed by atoms with Gasteiger partial charge in [0.15, 0.2) is 12.4 Å². The number of hydrogen-bond acceptors (Lipinski definition) is 6. The Morgan fingerprint density at radius 3 is 2.72 bits per heavy atom. The number of guanidine groups is 1. The van der Waals surface area contributed by atoms with Gasteiger partial charge in [-0.2, -0.15) is 4.73 Å². The van der Waals surface area contributed by atoms with Crippen LogP contribution in [0.25, 0.3) is 11.0 Å². The Balaban J connectivity index is 1.40. The molecule has 2 saturated heterocycles. The van der Waals surface area contributed by atoms with Crippen LogP contribution in [-0.2, 0) is 9.59 Å². The van der Waals surface area contributed by atoms with Crippen LogP contribution in [0.3, 0.4) is 0 Å². The van der Waals surface area contributed by atoms with Crippen LogP contribution in [0.1, 0.15) is 48.2 Å². The molecule has 0 unspecified atom stereocenters. The zero-order chi connectivity index (χ0) is 27.4. The summed E-state index contributed by atoms with van der Waals surface area (Å²) in [6, 6.07) is 9.58. The van der Waals surface area contributed by atoms with E-state index in [9.17, 15) is 19.6 Å². The summed E-state index contributed by atoms with van der Waals surface area (Å²) in [7, 11) is 0. The minimum atomic E-state index is -0.776. The van der Waals surface area contributed by atoms with Gasteiger partial charge in [0.1, 0.15) is 22.9 Å². The first-order valence-corrected chi connectivity index (χ1v) is 13.3. The molecule has 5 rings (SSSR count). The van der Waals surface area contributed by atoms with E-state index in [1.807, 2.05) is 25.1 Å². The van der Waals surface area contributed by atoms with Crippen LogP contribution in [0.15, 0.2) is 58.2 Å². The number of amides is 3. The fourth-order valence-electron chi connectivity index (χ4n) is 5.00. The van der Waals surface area contributed by atoms with E-state index >= 15 is 0 Å². The fraction of sp³-hybridized carbons (Fsp3) is 0.393. The van der Waals surface area contributed by atoms with Crippen LogP contribution in [0.4, 0.5) is 5.69 Å². The van der Waals surface area contributed by atoms with Gasteiger partial charge in [0.05, 0.1) is 6.54 Å². The highest BCUT2D eigenvalue weighted by molar-refractivity contribution is 6.10. The molecule has 0 aliphatic carbocycles. The second-order valence-corrected chi connectivity index (χ2v) is 9.98. The number of nitrogens with one attached hydrogen (secondary N) is 2. The Labute approximate surface area is 226 Å². The summed E-state index contributed by atoms with van der Waals surface area (Å²) in [6.45, 7) is 3.84. The lowest BCUT2D eigenvalue weighted by Gasteiger charge is -2.25. The number of carbonyl (C=O) groups is 3. The molecule has 3 amide bonds. The van der Waals surface area contributed by atoms with E-state index in [-0.39, 0.29) is 29.9 Å². The van der Waals surface area contributed by atoms with Gasteiger partial charge >= 0.3 is 0 Å². The highest BCUT2D eigenvalue weighted by atomic mass is 16.5. The standard InChI is InChI=1S/C28H32N6O5/c1-19-15-21-16-22(9-10-24(21)39-19)29-28(31-26(36)20-7-6-14-34(38)17-20)30-23-8-2-3-13-33(27(23)37)18-25(35)32-11-4-5-12-32/h6-7,9-10,14-17,23H,2-5,8,11-13,18H2,1H3,(H2,29,30,31,36)/t23-/m0/s1. The number of fused-ring (bicyclic) bond motifs is 1. The number of carbonyl (C=O) groups excluding carboxylic acids is 3. The molecule has 4 heterocycles. The van der Waals surface area contributed by atoms with Crippen molar-refractivity contribution in [3.8, 4) is 0 Å². The van der Waals surface area contributed by atoms with E-state index in [0.29, 0.717) is 23.4 Å². The molecule has 1 aromatic carbocycles. The summed E-state index contributed by atoms with van der Waals surface area (Å²) in [4.78, 5) is 47.3. The molecule has 11 nitrogen and oxygen atoms in total. The van der Waals surface area contributed by atoms with Crippen molar-refractivity contribution in [2.24, 2.45) is 4.99 Å². The molecule has 2 aromatic heterocycles. The van der Waals surface area contributed by atoms with E-state index in [4.69, 9.17) is 4.42 Å². The number of aromatic nitrogens is 1. The van der Waals surface area contributed by atoms with E-state index in [1.165, 1.54) is 18.3 Å². The van der Waals surface area contributed by atoms with Crippen molar-refractivity contribution >= 4 is 40.3 Å². The van der Waals surface area contributed by atoms with Crippen LogP contribution in [0.2, 0.25) is 0 Å². The largest absolute Gasteiger partial charge is 0.619 e. The highest BCUT2D eigenvalue weighted by Crippen LogP contribution is 2.23. The van der Waals surface area contributed by atoms with Crippen molar-refractivity contribution in [2.75, 3.05) is 31.5 Å². The minimum Gasteiger partial charge on any atom is -0.619 e. The van der Waals surface area contributed by atoms with Crippen LogP contribution in [0, 0.1) is 12.1 Å². The molecule has 39 heavy (non-hydrogen) atoms. The number of aliphatic imine (C=N–C) groups is 1. The fourth-order valence-corrected chi connectivity index (χ4v) is 5.00. The Morgan fingerprint density at radius 2 is 1.92 bits per heavy atom. The molecule has 11 heteroatoms. The van der Waals surface area contributed by atoms with E-state index in [1.54, 1.807) is 15.9 Å². The van der Waals surface area contributed by atoms with Crippen molar-refractivity contribution in [1.29, 1.82) is 0 Å². The Kier molecular flexibility index (Phi) is 7.76. The summed E-state index contributed by atoms with van der Waals surface area (Å²) in [5.74, 6) is 0.00942. The topological polar surface area (TPSA) is 134 Å². The molecular formula is C28H32N6O5. The molecule has 0 saturated carbocycles. The molecule has 0 radical (unpaired) electrons. The van der Waals surface area contributed by atoms with Crippen molar-refractivity contribution < 1.29 is 23.5 Å². The molecule has 3 aromatic rings. The van der Waals surface area contributed by atoms with E-state index < -0.39 is 11.9 Å². The van der Waals surface area contributed by atoms with Crippen molar-refractivity contribution in [3.05, 3.63) is 65.3 Å². The molecular weight excluding hydrogens is 500 g/mol. The summed E-state index contributed by atoms with van der Waals surface area (Å²) in [5.41, 5.74) is 1.51. The normalized spacial score (nSPS) is 18.3. The first-order chi connectivity index (χ1) is 18.9. The molecule has 1 atom stereocenters. The second-order valence-electron chi connectivity index (χ2n) is 9.98. The van der Waals surface area contributed by atoms with Crippen molar-refractivity contribution in [3.63, 3.8) is 0 Å². The van der Waals surface area contributed by atoms with Gasteiger partial charge in [0.2, 0.25) is 17.8 Å². The Hall–Kier alpha value is -4.41. The van der Waals surface area contributed by atoms with Crippen LogP contribution >= 0.6 is 0 Å². The van der Waals surface area contributed by atoms with Gasteiger partial charge in [0.25, 0.3) is 5.91 Å². The molecule has 2 aliphatic rings. The van der Waals surface area contributed by atoms with Gasteiger partial charge in [-0.3, -0.25) is 19.7 Å². The number of aryl methyl sites for hydroxylation is 1. The molecule has 204 valence electrons. The Bertz CT molecular complexity index is 1410. The van der Waals surface area contributed by atoms with Gasteiger partial charge in [-0.15, -0.1) is 0 Å². The Morgan fingerprint density at radius 1 is 1.13 bits per heavy atom. The van der Waals surface area contributed by atoms with Crippen LogP contribution in [-0.4, -0.2) is 65.7 Å². The summed E-state index contributed by atoms with van der Waals surface area (Å²) in [5, 5.41) is 18.4. The van der Waals surface area contributed by atoms with Crippen molar-refractivity contribution in [2.45, 2.75) is 45.1 Å². The quantitative estimate of drug-likeness (QED) is 0.225. The first-order valence-electron chi connectivity index (χ1n) is 13.3. The zero-order valence-corrected chi connectivity index (χ0v) is 21.9. The smallest absolute Gasteiger partial charge is 0.264 e. The van der Waals surface area contributed by atoms with Crippen molar-refractivity contribution in [1.82, 2.24) is 15.1 Å². The highest BCUT2D eigenvalue weighted by Gasteiger charge is 2.30. The minimum absolute atomic E-state index is 0.0317. The number of furan rings is 1. The number of rotatable bonds is 5. The number of anilines is 1. The summed E-state index contributed by atoms with van der Waals surface area (Å²) >= 11 is 0. The lowest BCUT2D eigenvalue weighted by Crippen LogP contribution is -2.45. The predicted octanol–water partition coefficient (Wildman–Crippen LogP) is 2.58. The van der Waals surface area contributed by atoms with Gasteiger partial charge < -0.3 is 24.7 Å². The van der Waals surface area contributed by atoms with E-state index in [0.717, 1.165) is 61.7 Å². The lowest BCUT2D eigenvalue weighted by atomic mass is 10.1. The molecule has 0 bridgehead atoms. The van der Waals surface area contributed by atoms with Gasteiger partial charge in [-0.1, -0.05) is 0 Å². The first kappa shape index (κ1) is 26.2. The molecule has 2 N–H and O–H groups in total. The third-order valence-corrected chi connectivity index (χ3v) is 6.99. The monoisotopic (exact) mass is 532 g/mol. The van der Waals surface area contributed by atoms with Crippen LogP contribution < -0.4 is 15.4 Å². The number of nitrogens with zero attached hydrogens (tertiary/aromatic N) is 4. The predicted molar refractivity (Wildman–Crippen MR) is 145 cm³/mol. The summed E-state index contributed by atoms with van der Waals surface area (Å²) < 4.78 is 6.19. The average molecular weight is 533 g/mol. The number of benzene rings is 1. The maximum atomic E-state index is 13.5. The maximum absolute atomic E-state index is 13.5. The summed E-state index contributed by atoms with van der Waals surface area (Å²) in [6.07, 6.45) is 6.43. The van der Waals surface area contributed by atoms with Crippen LogP contribution in [0.5, 0.6) is 0 Å². The number of likely N-dealkylation sites (tertiary alicyclic amines) is 2. The SMILES string of the molecule is Cc1cc2cc(NC(=N[C@H]3CCCCN(CC(=O)N4CCCC4)C3=O)NC(=O)c3ccc[n+]([O-])c3)ccc2o1. The second kappa shape index (κ2) is 11.5. The third kappa shape index (κ3) is 6.36. The zero-order valence-electron chi connectivity index (χ0n) is 21.9. The maximum Gasteiger partial charge on any atom is 0.264 e. The number of pyridine rings is 1. The number of hydrogen-bond donors (Lipinski definition) is 2. The van der Waals surface area contributed by atoms with Gasteiger partial charge in [-0.25, -0.2) is 4.99 Å². The third-order valence-electron chi connectivity index (χ3n) is 6.99. The molecule has 0 spiro atoms.